The van der Waals surface area contributed by atoms with Crippen molar-refractivity contribution in [2.45, 2.75) is 13.8 Å². The molecule has 0 aliphatic heterocycles. The molecule has 1 heterocycles. The molecule has 0 saturated carbocycles. The summed E-state index contributed by atoms with van der Waals surface area (Å²) in [5.41, 5.74) is 5.44. The number of hydrogen-bond acceptors (Lipinski definition) is 3. The monoisotopic (exact) mass is 573 g/mol. The van der Waals surface area contributed by atoms with Crippen molar-refractivity contribution in [1.29, 1.82) is 0 Å². The van der Waals surface area contributed by atoms with Gasteiger partial charge in [-0.1, -0.05) is 48.5 Å². The average molecular weight is 573 g/mol. The molecule has 4 heteroatoms. The zero-order chi connectivity index (χ0) is 20.6. The molecule has 0 spiro atoms. The first kappa shape index (κ1) is 23.2. The quantitative estimate of drug-likeness (QED) is 0.176. The number of carbonyl (C=O) groups excluding carboxylic acids is 1. The van der Waals surface area contributed by atoms with Crippen LogP contribution in [0.1, 0.15) is 13.8 Å². The molecule has 3 nitrogen and oxygen atoms in total. The molecule has 4 aromatic rings. The smallest absolute Gasteiger partial charge is 0.155 e. The van der Waals surface area contributed by atoms with Crippen molar-refractivity contribution in [3.63, 3.8) is 0 Å². The van der Waals surface area contributed by atoms with Crippen LogP contribution in [-0.2, 0) is 24.9 Å². The van der Waals surface area contributed by atoms with Crippen molar-refractivity contribution in [2.75, 3.05) is 0 Å². The van der Waals surface area contributed by atoms with Crippen molar-refractivity contribution >= 4 is 16.7 Å². The minimum atomic E-state index is -0.125. The van der Waals surface area contributed by atoms with E-state index in [1.807, 2.05) is 30.3 Å². The van der Waals surface area contributed by atoms with Crippen LogP contribution in [-0.4, -0.2) is 15.9 Å². The number of aliphatic hydroxyl groups excluding tert-OH is 1. The van der Waals surface area contributed by atoms with Gasteiger partial charge in [-0.05, 0) is 48.2 Å². The Hall–Kier alpha value is -3.07. The molecule has 0 saturated heterocycles. The maximum atomic E-state index is 10.0. The Morgan fingerprint density at radius 2 is 1.63 bits per heavy atom. The van der Waals surface area contributed by atoms with Crippen LogP contribution in [0.2, 0.25) is 0 Å². The van der Waals surface area contributed by atoms with Gasteiger partial charge in [0.15, 0.2) is 5.78 Å². The number of pyridine rings is 1. The number of rotatable bonds is 3. The minimum Gasteiger partial charge on any atom is -0.512 e. The zero-order valence-corrected chi connectivity index (χ0v) is 19.2. The molecule has 0 fully saturated rings. The first-order valence-corrected chi connectivity index (χ1v) is 9.34. The third kappa shape index (κ3) is 6.48. The Morgan fingerprint density at radius 1 is 0.900 bits per heavy atom. The molecule has 0 aliphatic carbocycles. The standard InChI is InChI=1S/C21H14N.C5H8O2.Ir/c1-3-7-16(8-4-1)18-11-13-21-19(15-18)12-14-20(22-21)17-9-5-2-6-10-17;1-4(6)3-5(2)7;/h1-9,11-15H;3,6H,1-2H3;/q-1;;/b;4-3-;. The van der Waals surface area contributed by atoms with Crippen LogP contribution in [0.5, 0.6) is 0 Å². The molecule has 0 unspecified atom stereocenters. The number of fused-ring (bicyclic) bond motifs is 1. The van der Waals surface area contributed by atoms with E-state index in [0.29, 0.717) is 0 Å². The van der Waals surface area contributed by atoms with Crippen LogP contribution >= 0.6 is 0 Å². The summed E-state index contributed by atoms with van der Waals surface area (Å²) in [5, 5.41) is 9.52. The SMILES string of the molecule is CC(=O)/C=C(/C)O.[Ir].[c-]1ccccc1-c1ccc2cc(-c3ccccc3)ccc2n1. The summed E-state index contributed by atoms with van der Waals surface area (Å²) in [6, 6.07) is 32.2. The van der Waals surface area contributed by atoms with E-state index in [1.54, 1.807) is 0 Å². The van der Waals surface area contributed by atoms with E-state index < -0.39 is 0 Å². The number of carbonyl (C=O) groups is 1. The largest absolute Gasteiger partial charge is 0.512 e. The molecule has 153 valence electrons. The molecule has 0 bridgehead atoms. The van der Waals surface area contributed by atoms with Gasteiger partial charge in [-0.25, -0.2) is 0 Å². The maximum absolute atomic E-state index is 10.0. The Balaban J connectivity index is 0.000000350. The van der Waals surface area contributed by atoms with Crippen LogP contribution in [0.15, 0.2) is 96.8 Å². The third-order valence-electron chi connectivity index (χ3n) is 4.19. The number of hydrogen-bond donors (Lipinski definition) is 1. The first-order chi connectivity index (χ1) is 14.0. The molecule has 3 aromatic carbocycles. The first-order valence-electron chi connectivity index (χ1n) is 9.34. The van der Waals surface area contributed by atoms with Crippen molar-refractivity contribution in [2.24, 2.45) is 0 Å². The summed E-state index contributed by atoms with van der Waals surface area (Å²) in [6.07, 6.45) is 1.17. The average Bonchev–Trinajstić information content (AvgIpc) is 2.74. The van der Waals surface area contributed by atoms with Gasteiger partial charge in [-0.2, -0.15) is 0 Å². The van der Waals surface area contributed by atoms with Crippen molar-refractivity contribution < 1.29 is 30.0 Å². The summed E-state index contributed by atoms with van der Waals surface area (Å²) in [5.74, 6) is -0.0625. The Kier molecular flexibility index (Phi) is 8.67. The summed E-state index contributed by atoms with van der Waals surface area (Å²) in [4.78, 5) is 14.8. The zero-order valence-electron chi connectivity index (χ0n) is 16.8. The third-order valence-corrected chi connectivity index (χ3v) is 4.19. The van der Waals surface area contributed by atoms with Crippen LogP contribution in [0.25, 0.3) is 33.3 Å². The molecular weight excluding hydrogens is 551 g/mol. The summed E-state index contributed by atoms with van der Waals surface area (Å²) < 4.78 is 0. The molecule has 0 amide bonds. The number of ketones is 1. The van der Waals surface area contributed by atoms with E-state index in [-0.39, 0.29) is 31.6 Å². The molecule has 1 aromatic heterocycles. The summed E-state index contributed by atoms with van der Waals surface area (Å²) >= 11 is 0. The van der Waals surface area contributed by atoms with E-state index in [4.69, 9.17) is 10.1 Å². The van der Waals surface area contributed by atoms with Gasteiger partial charge < -0.3 is 5.11 Å². The van der Waals surface area contributed by atoms with E-state index in [9.17, 15) is 4.79 Å². The van der Waals surface area contributed by atoms with E-state index in [1.165, 1.54) is 31.1 Å². The summed E-state index contributed by atoms with van der Waals surface area (Å²) in [7, 11) is 0. The number of allylic oxidation sites excluding steroid dienone is 2. The second kappa shape index (κ2) is 11.2. The fraction of sp³-hybridized carbons (Fsp3) is 0.0769. The molecule has 1 radical (unpaired) electrons. The van der Waals surface area contributed by atoms with Gasteiger partial charge in [0.1, 0.15) is 0 Å². The molecular formula is C26H22IrNO2-. The second-order valence-corrected chi connectivity index (χ2v) is 6.64. The Labute approximate surface area is 190 Å². The maximum Gasteiger partial charge on any atom is 0.155 e. The van der Waals surface area contributed by atoms with Crippen molar-refractivity contribution in [3.05, 3.63) is 103 Å². The molecule has 1 N–H and O–H groups in total. The van der Waals surface area contributed by atoms with Crippen LogP contribution < -0.4 is 0 Å². The minimum absolute atomic E-state index is 0. The van der Waals surface area contributed by atoms with Gasteiger partial charge in [0, 0.05) is 26.2 Å². The van der Waals surface area contributed by atoms with Gasteiger partial charge in [0.25, 0.3) is 0 Å². The Bertz CT molecular complexity index is 1060. The fourth-order valence-electron chi connectivity index (χ4n) is 2.93. The van der Waals surface area contributed by atoms with Gasteiger partial charge in [0.2, 0.25) is 0 Å². The molecule has 30 heavy (non-hydrogen) atoms. The van der Waals surface area contributed by atoms with E-state index >= 15 is 0 Å². The number of aliphatic hydroxyl groups is 1. The predicted molar refractivity (Wildman–Crippen MR) is 119 cm³/mol. The molecule has 0 atom stereocenters. The van der Waals surface area contributed by atoms with Crippen LogP contribution in [0.4, 0.5) is 0 Å². The van der Waals surface area contributed by atoms with Crippen molar-refractivity contribution in [1.82, 2.24) is 4.98 Å². The Morgan fingerprint density at radius 3 is 2.23 bits per heavy atom. The van der Waals surface area contributed by atoms with Gasteiger partial charge in [0.05, 0.1) is 11.3 Å². The predicted octanol–water partition coefficient (Wildman–Crippen LogP) is 6.40. The van der Waals surface area contributed by atoms with Crippen molar-refractivity contribution in [3.8, 4) is 22.4 Å². The van der Waals surface area contributed by atoms with E-state index in [0.717, 1.165) is 22.2 Å². The topological polar surface area (TPSA) is 50.2 Å². The number of nitrogens with zero attached hydrogens (tertiary/aromatic N) is 1. The molecule has 4 rings (SSSR count). The van der Waals surface area contributed by atoms with E-state index in [2.05, 4.69) is 60.7 Å². The van der Waals surface area contributed by atoms with Gasteiger partial charge >= 0.3 is 0 Å². The summed E-state index contributed by atoms with van der Waals surface area (Å²) in [6.45, 7) is 2.85. The van der Waals surface area contributed by atoms with Crippen LogP contribution in [0.3, 0.4) is 0 Å². The number of aromatic nitrogens is 1. The number of benzene rings is 3. The molecule has 0 aliphatic rings. The van der Waals surface area contributed by atoms with Gasteiger partial charge in [-0.3, -0.25) is 9.78 Å². The van der Waals surface area contributed by atoms with Gasteiger partial charge in [-0.15, -0.1) is 35.9 Å². The fourth-order valence-corrected chi connectivity index (χ4v) is 2.93. The second-order valence-electron chi connectivity index (χ2n) is 6.64. The van der Waals surface area contributed by atoms with Crippen LogP contribution in [0, 0.1) is 6.07 Å². The normalized spacial score (nSPS) is 10.5.